The van der Waals surface area contributed by atoms with Gasteiger partial charge >= 0.3 is 0 Å². The smallest absolute Gasteiger partial charge is 0.287 e. The highest BCUT2D eigenvalue weighted by atomic mass is 16.3. The van der Waals surface area contributed by atoms with E-state index in [1.807, 2.05) is 30.5 Å². The van der Waals surface area contributed by atoms with Crippen LogP contribution in [0.25, 0.3) is 22.4 Å². The van der Waals surface area contributed by atoms with Gasteiger partial charge in [-0.05, 0) is 30.3 Å². The number of pyridine rings is 1. The van der Waals surface area contributed by atoms with Crippen LogP contribution in [0.2, 0.25) is 0 Å². The minimum atomic E-state index is -0.435. The van der Waals surface area contributed by atoms with Crippen LogP contribution in [0.15, 0.2) is 76.2 Å². The van der Waals surface area contributed by atoms with Crippen LogP contribution in [-0.2, 0) is 6.54 Å². The molecular formula is C20H16N4O3. The summed E-state index contributed by atoms with van der Waals surface area (Å²) in [6.07, 6.45) is 3.54. The van der Waals surface area contributed by atoms with Crippen molar-refractivity contribution in [2.45, 2.75) is 6.54 Å². The van der Waals surface area contributed by atoms with Gasteiger partial charge in [0.15, 0.2) is 11.2 Å². The van der Waals surface area contributed by atoms with Gasteiger partial charge in [-0.3, -0.25) is 19.3 Å². The molecule has 0 saturated carbocycles. The van der Waals surface area contributed by atoms with Gasteiger partial charge in [-0.1, -0.05) is 18.2 Å². The first-order valence-corrected chi connectivity index (χ1v) is 8.47. The molecule has 0 aliphatic rings. The predicted octanol–water partition coefficient (Wildman–Crippen LogP) is 2.48. The zero-order valence-electron chi connectivity index (χ0n) is 14.3. The summed E-state index contributed by atoms with van der Waals surface area (Å²) >= 11 is 0. The third-order valence-electron chi connectivity index (χ3n) is 4.05. The quantitative estimate of drug-likeness (QED) is 0.590. The summed E-state index contributed by atoms with van der Waals surface area (Å²) in [5.41, 5.74) is 1.71. The summed E-state index contributed by atoms with van der Waals surface area (Å²) in [6, 6.07) is 15.6. The molecule has 1 N–H and O–H groups in total. The van der Waals surface area contributed by atoms with Crippen molar-refractivity contribution in [3.8, 4) is 11.4 Å². The number of hydrogen-bond donors (Lipinski definition) is 1. The molecule has 0 unspecified atom stereocenters. The highest BCUT2D eigenvalue weighted by molar-refractivity contribution is 5.93. The molecule has 27 heavy (non-hydrogen) atoms. The number of fused-ring (bicyclic) bond motifs is 1. The molecule has 3 aromatic heterocycles. The first kappa shape index (κ1) is 16.7. The predicted molar refractivity (Wildman–Crippen MR) is 100 cm³/mol. The Bertz CT molecular complexity index is 1150. The Hall–Kier alpha value is -3.74. The molecule has 1 amide bonds. The summed E-state index contributed by atoms with van der Waals surface area (Å²) in [5.74, 6) is -0.441. The van der Waals surface area contributed by atoms with E-state index < -0.39 is 5.91 Å². The number of carbonyl (C=O) groups excluding carboxylic acids is 1. The van der Waals surface area contributed by atoms with Gasteiger partial charge < -0.3 is 9.73 Å². The van der Waals surface area contributed by atoms with Gasteiger partial charge in [-0.25, -0.2) is 0 Å². The van der Waals surface area contributed by atoms with Crippen LogP contribution in [0.3, 0.4) is 0 Å². The second-order valence-corrected chi connectivity index (χ2v) is 5.91. The zero-order valence-corrected chi connectivity index (χ0v) is 14.3. The van der Waals surface area contributed by atoms with E-state index in [9.17, 15) is 9.59 Å². The maximum atomic E-state index is 12.3. The van der Waals surface area contributed by atoms with E-state index in [1.54, 1.807) is 35.1 Å². The lowest BCUT2D eigenvalue weighted by atomic mass is 10.2. The van der Waals surface area contributed by atoms with Gasteiger partial charge in [0, 0.05) is 25.0 Å². The first-order chi connectivity index (χ1) is 13.2. The lowest BCUT2D eigenvalue weighted by Gasteiger charge is -2.06. The SMILES string of the molecule is O=C(NCCn1ccc(-c2ccccn2)n1)c1cc(=O)c2ccccc2o1. The Balaban J connectivity index is 1.40. The molecule has 1 aromatic carbocycles. The van der Waals surface area contributed by atoms with Gasteiger partial charge in [0.2, 0.25) is 0 Å². The van der Waals surface area contributed by atoms with Crippen LogP contribution in [0.4, 0.5) is 0 Å². The number of benzene rings is 1. The summed E-state index contributed by atoms with van der Waals surface area (Å²) in [6.45, 7) is 0.828. The van der Waals surface area contributed by atoms with Crippen molar-refractivity contribution < 1.29 is 9.21 Å². The molecule has 4 rings (SSSR count). The fraction of sp³-hybridized carbons (Fsp3) is 0.100. The van der Waals surface area contributed by atoms with Crippen molar-refractivity contribution in [3.05, 3.63) is 83.0 Å². The molecule has 3 heterocycles. The summed E-state index contributed by atoms with van der Waals surface area (Å²) < 4.78 is 7.25. The van der Waals surface area contributed by atoms with E-state index in [-0.39, 0.29) is 11.2 Å². The molecule has 0 atom stereocenters. The fourth-order valence-electron chi connectivity index (χ4n) is 2.72. The molecule has 0 saturated heterocycles. The number of hydrogen-bond acceptors (Lipinski definition) is 5. The normalized spacial score (nSPS) is 10.8. The van der Waals surface area contributed by atoms with Crippen LogP contribution >= 0.6 is 0 Å². The lowest BCUT2D eigenvalue weighted by molar-refractivity contribution is 0.0925. The minimum Gasteiger partial charge on any atom is -0.451 e. The molecule has 0 aliphatic heterocycles. The van der Waals surface area contributed by atoms with Crippen LogP contribution in [0.1, 0.15) is 10.6 Å². The average Bonchev–Trinajstić information content (AvgIpc) is 3.17. The van der Waals surface area contributed by atoms with Gasteiger partial charge in [0.25, 0.3) is 5.91 Å². The van der Waals surface area contributed by atoms with Crippen LogP contribution in [0, 0.1) is 0 Å². The second-order valence-electron chi connectivity index (χ2n) is 5.91. The molecule has 0 fully saturated rings. The maximum Gasteiger partial charge on any atom is 0.287 e. The number of nitrogens with one attached hydrogen (secondary N) is 1. The van der Waals surface area contributed by atoms with Crippen LogP contribution in [0.5, 0.6) is 0 Å². The third kappa shape index (κ3) is 3.62. The number of aromatic nitrogens is 3. The Labute approximate surface area is 154 Å². The van der Waals surface area contributed by atoms with Gasteiger partial charge in [-0.15, -0.1) is 0 Å². The standard InChI is InChI=1S/C20H16N4O3/c25-17-13-19(27-18-7-2-1-5-14(17)18)20(26)22-10-12-24-11-8-16(23-24)15-6-3-4-9-21-15/h1-9,11,13H,10,12H2,(H,22,26). The highest BCUT2D eigenvalue weighted by Crippen LogP contribution is 2.13. The number of carbonyl (C=O) groups is 1. The molecule has 0 spiro atoms. The van der Waals surface area contributed by atoms with E-state index >= 15 is 0 Å². The summed E-state index contributed by atoms with van der Waals surface area (Å²) in [4.78, 5) is 28.6. The largest absolute Gasteiger partial charge is 0.451 e. The summed E-state index contributed by atoms with van der Waals surface area (Å²) in [7, 11) is 0. The van der Waals surface area contributed by atoms with Crippen LogP contribution in [-0.4, -0.2) is 27.2 Å². The van der Waals surface area contributed by atoms with Crippen molar-refractivity contribution in [2.24, 2.45) is 0 Å². The monoisotopic (exact) mass is 360 g/mol. The summed E-state index contributed by atoms with van der Waals surface area (Å²) in [5, 5.41) is 7.63. The Morgan fingerprint density at radius 3 is 2.78 bits per heavy atom. The number of rotatable bonds is 5. The Kier molecular flexibility index (Phi) is 4.49. The number of para-hydroxylation sites is 1. The van der Waals surface area contributed by atoms with Crippen molar-refractivity contribution in [1.82, 2.24) is 20.1 Å². The van der Waals surface area contributed by atoms with Gasteiger partial charge in [-0.2, -0.15) is 5.10 Å². The molecule has 134 valence electrons. The first-order valence-electron chi connectivity index (χ1n) is 8.47. The van der Waals surface area contributed by atoms with E-state index in [0.717, 1.165) is 11.4 Å². The van der Waals surface area contributed by atoms with Crippen molar-refractivity contribution in [3.63, 3.8) is 0 Å². The maximum absolute atomic E-state index is 12.3. The average molecular weight is 360 g/mol. The molecule has 0 radical (unpaired) electrons. The minimum absolute atomic E-state index is 0.00617. The van der Waals surface area contributed by atoms with E-state index in [0.29, 0.717) is 24.1 Å². The molecule has 7 heteroatoms. The Morgan fingerprint density at radius 1 is 1.07 bits per heavy atom. The Morgan fingerprint density at radius 2 is 1.93 bits per heavy atom. The molecule has 0 bridgehead atoms. The molecule has 7 nitrogen and oxygen atoms in total. The van der Waals surface area contributed by atoms with Crippen molar-refractivity contribution >= 4 is 16.9 Å². The molecular weight excluding hydrogens is 344 g/mol. The third-order valence-corrected chi connectivity index (χ3v) is 4.05. The van der Waals surface area contributed by atoms with Crippen molar-refractivity contribution in [1.29, 1.82) is 0 Å². The number of nitrogens with zero attached hydrogens (tertiary/aromatic N) is 3. The fourth-order valence-corrected chi connectivity index (χ4v) is 2.72. The topological polar surface area (TPSA) is 90.0 Å². The van der Waals surface area contributed by atoms with Gasteiger partial charge in [0.05, 0.1) is 17.6 Å². The highest BCUT2D eigenvalue weighted by Gasteiger charge is 2.12. The van der Waals surface area contributed by atoms with Crippen LogP contribution < -0.4 is 10.7 Å². The van der Waals surface area contributed by atoms with E-state index in [4.69, 9.17) is 4.42 Å². The molecule has 4 aromatic rings. The second kappa shape index (κ2) is 7.25. The lowest BCUT2D eigenvalue weighted by Crippen LogP contribution is -2.28. The van der Waals surface area contributed by atoms with E-state index in [1.165, 1.54) is 6.07 Å². The van der Waals surface area contributed by atoms with E-state index in [2.05, 4.69) is 15.4 Å². The van der Waals surface area contributed by atoms with Gasteiger partial charge in [0.1, 0.15) is 11.3 Å². The molecule has 0 aliphatic carbocycles. The number of amides is 1. The van der Waals surface area contributed by atoms with Crippen molar-refractivity contribution in [2.75, 3.05) is 6.54 Å². The zero-order chi connectivity index (χ0) is 18.6.